The van der Waals surface area contributed by atoms with Gasteiger partial charge in [0.1, 0.15) is 5.82 Å². The summed E-state index contributed by atoms with van der Waals surface area (Å²) < 4.78 is 14.2. The van der Waals surface area contributed by atoms with Crippen LogP contribution < -0.4 is 11.2 Å². The van der Waals surface area contributed by atoms with E-state index in [0.29, 0.717) is 5.82 Å². The van der Waals surface area contributed by atoms with Crippen LogP contribution in [-0.2, 0) is 16.4 Å². The van der Waals surface area contributed by atoms with Gasteiger partial charge in [-0.3, -0.25) is 0 Å². The highest BCUT2D eigenvalue weighted by Gasteiger charge is 2.52. The molecule has 2 N–H and O–H groups in total. The molecular formula is C14H20BN3O2. The Morgan fingerprint density at radius 2 is 1.80 bits per heavy atom. The van der Waals surface area contributed by atoms with E-state index in [2.05, 4.69) is 4.98 Å². The number of nitrogens with zero attached hydrogens (tertiary/aromatic N) is 2. The maximum atomic E-state index is 6.11. The van der Waals surface area contributed by atoms with E-state index in [0.717, 1.165) is 16.4 Å². The number of rotatable bonds is 1. The molecular weight excluding hydrogens is 253 g/mol. The fraction of sp³-hybridized carbons (Fsp3) is 0.500. The summed E-state index contributed by atoms with van der Waals surface area (Å²) in [7, 11) is 1.60. The molecule has 106 valence electrons. The number of hydrogen-bond donors (Lipinski definition) is 1. The van der Waals surface area contributed by atoms with Crippen LogP contribution in [0, 0.1) is 0 Å². The third-order valence-electron chi connectivity index (χ3n) is 4.43. The molecule has 6 heteroatoms. The lowest BCUT2D eigenvalue weighted by atomic mass is 9.79. The monoisotopic (exact) mass is 273 g/mol. The summed E-state index contributed by atoms with van der Waals surface area (Å²) in [5, 5.41) is 1.03. The van der Waals surface area contributed by atoms with Crippen molar-refractivity contribution in [2.24, 2.45) is 7.05 Å². The molecule has 1 saturated heterocycles. The number of anilines is 1. The molecule has 2 aromatic rings. The minimum atomic E-state index is -0.384. The zero-order valence-corrected chi connectivity index (χ0v) is 12.6. The second-order valence-electron chi connectivity index (χ2n) is 6.41. The largest absolute Gasteiger partial charge is 0.497 e. The summed E-state index contributed by atoms with van der Waals surface area (Å²) in [5.41, 5.74) is 7.12. The Balaban J connectivity index is 2.10. The molecule has 1 fully saturated rings. The van der Waals surface area contributed by atoms with E-state index in [-0.39, 0.29) is 18.3 Å². The van der Waals surface area contributed by atoms with Crippen molar-refractivity contribution in [1.82, 2.24) is 9.55 Å². The summed E-state index contributed by atoms with van der Waals surface area (Å²) in [6.45, 7) is 8.20. The van der Waals surface area contributed by atoms with Crippen LogP contribution in [-0.4, -0.2) is 27.9 Å². The molecule has 5 nitrogen and oxygen atoms in total. The zero-order valence-electron chi connectivity index (χ0n) is 12.6. The number of hydrogen-bond acceptors (Lipinski definition) is 4. The molecule has 0 unspecified atom stereocenters. The minimum absolute atomic E-state index is 0.349. The normalized spacial score (nSPS) is 20.8. The van der Waals surface area contributed by atoms with E-state index in [9.17, 15) is 0 Å². The van der Waals surface area contributed by atoms with Gasteiger partial charge in [-0.2, -0.15) is 0 Å². The van der Waals surface area contributed by atoms with Crippen LogP contribution in [0.25, 0.3) is 10.9 Å². The van der Waals surface area contributed by atoms with Gasteiger partial charge < -0.3 is 19.6 Å². The lowest BCUT2D eigenvalue weighted by Crippen LogP contribution is -2.41. The van der Waals surface area contributed by atoms with E-state index in [1.54, 1.807) is 6.20 Å². The Morgan fingerprint density at radius 1 is 1.20 bits per heavy atom. The van der Waals surface area contributed by atoms with Crippen molar-refractivity contribution in [2.45, 2.75) is 38.9 Å². The predicted octanol–water partition coefficient (Wildman–Crippen LogP) is 1.45. The predicted molar refractivity (Wildman–Crippen MR) is 80.8 cm³/mol. The quantitative estimate of drug-likeness (QED) is 0.799. The van der Waals surface area contributed by atoms with Gasteiger partial charge in [-0.1, -0.05) is 0 Å². The molecule has 0 atom stereocenters. The maximum absolute atomic E-state index is 6.11. The van der Waals surface area contributed by atoms with Gasteiger partial charge in [-0.15, -0.1) is 0 Å². The first-order valence-corrected chi connectivity index (χ1v) is 6.77. The van der Waals surface area contributed by atoms with Gasteiger partial charge in [-0.05, 0) is 33.8 Å². The van der Waals surface area contributed by atoms with Crippen LogP contribution in [0.1, 0.15) is 27.7 Å². The molecule has 0 amide bonds. The van der Waals surface area contributed by atoms with Crippen LogP contribution in [0.4, 0.5) is 5.82 Å². The Morgan fingerprint density at radius 3 is 2.40 bits per heavy atom. The number of fused-ring (bicyclic) bond motifs is 1. The molecule has 1 aliphatic rings. The molecule has 3 heterocycles. The molecule has 0 bridgehead atoms. The van der Waals surface area contributed by atoms with Gasteiger partial charge in [0.2, 0.25) is 0 Å². The number of aromatic nitrogens is 2. The average Bonchev–Trinajstić information content (AvgIpc) is 2.74. The Hall–Kier alpha value is -1.53. The Bertz CT molecular complexity index is 662. The SMILES string of the molecule is Cn1cc(B2OC(C)(C)C(C)(C)O2)c2cc(N)ncc21. The van der Waals surface area contributed by atoms with Crippen molar-refractivity contribution < 1.29 is 9.31 Å². The molecule has 20 heavy (non-hydrogen) atoms. The third-order valence-corrected chi connectivity index (χ3v) is 4.43. The number of nitrogens with two attached hydrogens (primary N) is 1. The van der Waals surface area contributed by atoms with Gasteiger partial charge >= 0.3 is 7.12 Å². The third kappa shape index (κ3) is 1.83. The van der Waals surface area contributed by atoms with Gasteiger partial charge in [0, 0.05) is 24.1 Å². The summed E-state index contributed by atoms with van der Waals surface area (Å²) in [5.74, 6) is 0.501. The number of pyridine rings is 1. The van der Waals surface area contributed by atoms with E-state index in [4.69, 9.17) is 15.0 Å². The van der Waals surface area contributed by atoms with E-state index in [1.807, 2.05) is 51.6 Å². The average molecular weight is 273 g/mol. The zero-order chi connectivity index (χ0) is 14.7. The molecule has 0 aromatic carbocycles. The highest BCUT2D eigenvalue weighted by atomic mass is 16.7. The Labute approximate surface area is 119 Å². The Kier molecular flexibility index (Phi) is 2.69. The van der Waals surface area contributed by atoms with Gasteiger partial charge in [0.25, 0.3) is 0 Å². The summed E-state index contributed by atoms with van der Waals surface area (Å²) in [4.78, 5) is 4.14. The van der Waals surface area contributed by atoms with Crippen LogP contribution in [0.2, 0.25) is 0 Å². The van der Waals surface area contributed by atoms with Crippen molar-refractivity contribution in [3.63, 3.8) is 0 Å². The highest BCUT2D eigenvalue weighted by molar-refractivity contribution is 6.65. The minimum Gasteiger partial charge on any atom is -0.399 e. The molecule has 1 aliphatic heterocycles. The second kappa shape index (κ2) is 3.99. The van der Waals surface area contributed by atoms with Crippen molar-refractivity contribution in [1.29, 1.82) is 0 Å². The van der Waals surface area contributed by atoms with Gasteiger partial charge in [-0.25, -0.2) is 4.98 Å². The molecule has 2 aromatic heterocycles. The van der Waals surface area contributed by atoms with Crippen molar-refractivity contribution in [3.05, 3.63) is 18.5 Å². The van der Waals surface area contributed by atoms with Crippen LogP contribution in [0.15, 0.2) is 18.5 Å². The molecule has 0 aliphatic carbocycles. The standard InChI is InChI=1S/C14H20BN3O2/c1-13(2)14(3,4)20-15(19-13)10-8-18(5)11-7-17-12(16)6-9(10)11/h6-8H,1-5H3,(H2,16,17). The van der Waals surface area contributed by atoms with Crippen LogP contribution in [0.3, 0.4) is 0 Å². The summed E-state index contributed by atoms with van der Waals surface area (Å²) >= 11 is 0. The first-order chi connectivity index (χ1) is 9.21. The molecule has 3 rings (SSSR count). The molecule has 0 saturated carbocycles. The van der Waals surface area contributed by atoms with E-state index in [1.165, 1.54) is 0 Å². The van der Waals surface area contributed by atoms with E-state index < -0.39 is 0 Å². The maximum Gasteiger partial charge on any atom is 0.497 e. The summed E-state index contributed by atoms with van der Waals surface area (Å²) in [6, 6.07) is 1.87. The van der Waals surface area contributed by atoms with E-state index >= 15 is 0 Å². The first kappa shape index (κ1) is 13.5. The van der Waals surface area contributed by atoms with Crippen LogP contribution >= 0.6 is 0 Å². The fourth-order valence-corrected chi connectivity index (χ4v) is 2.48. The molecule has 0 radical (unpaired) electrons. The number of nitrogen functional groups attached to an aromatic ring is 1. The lowest BCUT2D eigenvalue weighted by molar-refractivity contribution is 0.00578. The first-order valence-electron chi connectivity index (χ1n) is 6.77. The summed E-state index contributed by atoms with van der Waals surface area (Å²) in [6.07, 6.45) is 3.80. The van der Waals surface area contributed by atoms with Crippen molar-refractivity contribution in [3.8, 4) is 0 Å². The topological polar surface area (TPSA) is 62.3 Å². The smallest absolute Gasteiger partial charge is 0.399 e. The molecule has 0 spiro atoms. The highest BCUT2D eigenvalue weighted by Crippen LogP contribution is 2.37. The van der Waals surface area contributed by atoms with Gasteiger partial charge in [0.15, 0.2) is 0 Å². The fourth-order valence-electron chi connectivity index (χ4n) is 2.48. The van der Waals surface area contributed by atoms with Crippen molar-refractivity contribution in [2.75, 3.05) is 5.73 Å². The second-order valence-corrected chi connectivity index (χ2v) is 6.41. The number of aryl methyl sites for hydroxylation is 1. The van der Waals surface area contributed by atoms with Crippen LogP contribution in [0.5, 0.6) is 0 Å². The lowest BCUT2D eigenvalue weighted by Gasteiger charge is -2.32. The van der Waals surface area contributed by atoms with Gasteiger partial charge in [0.05, 0.1) is 22.9 Å². The van der Waals surface area contributed by atoms with Crippen molar-refractivity contribution >= 4 is 29.3 Å².